The third-order valence-electron chi connectivity index (χ3n) is 2.03. The van der Waals surface area contributed by atoms with Gasteiger partial charge in [-0.05, 0) is 30.9 Å². The van der Waals surface area contributed by atoms with E-state index < -0.39 is 12.6 Å². The van der Waals surface area contributed by atoms with E-state index in [-0.39, 0.29) is 0 Å². The van der Waals surface area contributed by atoms with Crippen molar-refractivity contribution in [2.24, 2.45) is 0 Å². The molecule has 0 rings (SSSR count). The third kappa shape index (κ3) is 11.5. The molecule has 0 fully saturated rings. The molecule has 0 atom stereocenters. The number of rotatable bonds is 5. The molecule has 0 spiro atoms. The van der Waals surface area contributed by atoms with E-state index in [0.717, 1.165) is 12.0 Å². The van der Waals surface area contributed by atoms with Crippen LogP contribution in [0.1, 0.15) is 53.9 Å². The van der Waals surface area contributed by atoms with Gasteiger partial charge in [0.15, 0.2) is 0 Å². The van der Waals surface area contributed by atoms with Gasteiger partial charge in [0.05, 0.1) is 6.42 Å². The molecular formula is C15H25F3. The Kier molecular flexibility index (Phi) is 12.0. The van der Waals surface area contributed by atoms with Gasteiger partial charge in [0, 0.05) is 0 Å². The van der Waals surface area contributed by atoms with Gasteiger partial charge in [0.2, 0.25) is 0 Å². The normalized spacial score (nSPS) is 13.6. The molecule has 0 bridgehead atoms. The van der Waals surface area contributed by atoms with E-state index in [1.165, 1.54) is 0 Å². The van der Waals surface area contributed by atoms with Crippen LogP contribution in [0, 0.1) is 0 Å². The van der Waals surface area contributed by atoms with E-state index >= 15 is 0 Å². The Labute approximate surface area is 109 Å². The Balaban J connectivity index is 0. The molecule has 0 N–H and O–H groups in total. The SMILES string of the molecule is CC.C\C=C/C(=C\C(=C\CC)CC(F)(F)F)CC. The Hall–Kier alpha value is -0.990. The molecule has 0 radical (unpaired) electrons. The summed E-state index contributed by atoms with van der Waals surface area (Å²) in [6.45, 7) is 9.63. The van der Waals surface area contributed by atoms with E-state index in [0.29, 0.717) is 12.0 Å². The van der Waals surface area contributed by atoms with Crippen molar-refractivity contribution < 1.29 is 13.2 Å². The van der Waals surface area contributed by atoms with Crippen molar-refractivity contribution in [1.82, 2.24) is 0 Å². The highest BCUT2D eigenvalue weighted by Crippen LogP contribution is 2.26. The first-order chi connectivity index (χ1) is 8.42. The summed E-state index contributed by atoms with van der Waals surface area (Å²) in [5.41, 5.74) is 1.27. The molecule has 0 aliphatic heterocycles. The molecule has 0 unspecified atom stereocenters. The lowest BCUT2D eigenvalue weighted by Gasteiger charge is -2.08. The van der Waals surface area contributed by atoms with Crippen molar-refractivity contribution in [3.63, 3.8) is 0 Å². The van der Waals surface area contributed by atoms with Crippen LogP contribution >= 0.6 is 0 Å². The summed E-state index contributed by atoms with van der Waals surface area (Å²) in [5, 5.41) is 0. The summed E-state index contributed by atoms with van der Waals surface area (Å²) in [5.74, 6) is 0. The number of allylic oxidation sites excluding steroid dienone is 6. The summed E-state index contributed by atoms with van der Waals surface area (Å²) in [6.07, 6.45) is 3.34. The van der Waals surface area contributed by atoms with Crippen molar-refractivity contribution in [3.05, 3.63) is 35.5 Å². The Morgan fingerprint density at radius 2 is 1.61 bits per heavy atom. The lowest BCUT2D eigenvalue weighted by molar-refractivity contribution is -0.126. The lowest BCUT2D eigenvalue weighted by Crippen LogP contribution is -2.07. The number of halogens is 3. The van der Waals surface area contributed by atoms with Crippen LogP contribution in [-0.2, 0) is 0 Å². The van der Waals surface area contributed by atoms with Crippen LogP contribution in [0.3, 0.4) is 0 Å². The highest BCUT2D eigenvalue weighted by Gasteiger charge is 2.27. The first kappa shape index (κ1) is 19.4. The topological polar surface area (TPSA) is 0 Å². The molecule has 0 aliphatic rings. The minimum absolute atomic E-state index is 0.352. The predicted octanol–water partition coefficient (Wildman–Crippen LogP) is 6.21. The molecule has 0 aromatic rings. The van der Waals surface area contributed by atoms with Gasteiger partial charge >= 0.3 is 6.18 Å². The van der Waals surface area contributed by atoms with Gasteiger partial charge in [-0.1, -0.05) is 52.0 Å². The van der Waals surface area contributed by atoms with Crippen LogP contribution in [-0.4, -0.2) is 6.18 Å². The second-order valence-electron chi connectivity index (χ2n) is 3.55. The van der Waals surface area contributed by atoms with Crippen LogP contribution in [0.2, 0.25) is 0 Å². The van der Waals surface area contributed by atoms with Gasteiger partial charge < -0.3 is 0 Å². The highest BCUT2D eigenvalue weighted by molar-refractivity contribution is 5.30. The second-order valence-corrected chi connectivity index (χ2v) is 3.55. The second kappa shape index (κ2) is 11.1. The molecule has 0 aromatic heterocycles. The fraction of sp³-hybridized carbons (Fsp3) is 0.600. The molecule has 0 amide bonds. The van der Waals surface area contributed by atoms with Crippen LogP contribution in [0.4, 0.5) is 13.2 Å². The fourth-order valence-corrected chi connectivity index (χ4v) is 1.40. The minimum atomic E-state index is -4.13. The molecule has 0 nitrogen and oxygen atoms in total. The lowest BCUT2D eigenvalue weighted by atomic mass is 10.0. The van der Waals surface area contributed by atoms with E-state index in [2.05, 4.69) is 0 Å². The van der Waals surface area contributed by atoms with Crippen LogP contribution in [0.15, 0.2) is 35.5 Å². The maximum atomic E-state index is 12.3. The highest BCUT2D eigenvalue weighted by atomic mass is 19.4. The minimum Gasteiger partial charge on any atom is -0.171 e. The molecule has 0 aliphatic carbocycles. The van der Waals surface area contributed by atoms with E-state index in [4.69, 9.17) is 0 Å². The van der Waals surface area contributed by atoms with Gasteiger partial charge in [-0.2, -0.15) is 13.2 Å². The van der Waals surface area contributed by atoms with E-state index in [9.17, 15) is 13.2 Å². The van der Waals surface area contributed by atoms with Crippen LogP contribution in [0.25, 0.3) is 0 Å². The van der Waals surface area contributed by atoms with Crippen molar-refractivity contribution in [1.29, 1.82) is 0 Å². The largest absolute Gasteiger partial charge is 0.393 e. The molecule has 18 heavy (non-hydrogen) atoms. The number of alkyl halides is 3. The Morgan fingerprint density at radius 3 is 1.94 bits per heavy atom. The van der Waals surface area contributed by atoms with E-state index in [1.54, 1.807) is 12.2 Å². The number of hydrogen-bond acceptors (Lipinski definition) is 0. The average Bonchev–Trinajstić information content (AvgIpc) is 2.29. The van der Waals surface area contributed by atoms with Gasteiger partial charge in [0.25, 0.3) is 0 Å². The summed E-state index contributed by atoms with van der Waals surface area (Å²) in [7, 11) is 0. The van der Waals surface area contributed by atoms with Gasteiger partial charge in [0.1, 0.15) is 0 Å². The van der Waals surface area contributed by atoms with Crippen LogP contribution in [0.5, 0.6) is 0 Å². The summed E-state index contributed by atoms with van der Waals surface area (Å²) < 4.78 is 36.8. The maximum Gasteiger partial charge on any atom is 0.393 e. The molecule has 0 heterocycles. The van der Waals surface area contributed by atoms with Crippen LogP contribution < -0.4 is 0 Å². The quantitative estimate of drug-likeness (QED) is 0.516. The molecule has 3 heteroatoms. The molecule has 0 saturated carbocycles. The zero-order valence-electron chi connectivity index (χ0n) is 12.1. The van der Waals surface area contributed by atoms with Gasteiger partial charge in [-0.25, -0.2) is 0 Å². The first-order valence-corrected chi connectivity index (χ1v) is 6.52. The summed E-state index contributed by atoms with van der Waals surface area (Å²) >= 11 is 0. The summed E-state index contributed by atoms with van der Waals surface area (Å²) in [4.78, 5) is 0. The third-order valence-corrected chi connectivity index (χ3v) is 2.03. The zero-order chi connectivity index (χ0) is 14.6. The monoisotopic (exact) mass is 262 g/mol. The zero-order valence-corrected chi connectivity index (χ0v) is 12.1. The molecule has 0 saturated heterocycles. The standard InChI is InChI=1S/C13H19F3.C2H6/c1-4-7-11(6-3)9-12(8-5-2)10-13(14,15)16;1-2/h4,7-9H,5-6,10H2,1-3H3;1-2H3/b7-4-,11-9-,12-8-;. The molecule has 0 aromatic carbocycles. The molecule has 106 valence electrons. The van der Waals surface area contributed by atoms with Crippen molar-refractivity contribution in [2.75, 3.05) is 0 Å². The Bertz CT molecular complexity index is 281. The smallest absolute Gasteiger partial charge is 0.171 e. The van der Waals surface area contributed by atoms with E-state index in [1.807, 2.05) is 46.8 Å². The van der Waals surface area contributed by atoms with Gasteiger partial charge in [-0.3, -0.25) is 0 Å². The Morgan fingerprint density at radius 1 is 1.06 bits per heavy atom. The fourth-order valence-electron chi connectivity index (χ4n) is 1.40. The first-order valence-electron chi connectivity index (χ1n) is 6.52. The van der Waals surface area contributed by atoms with Crippen molar-refractivity contribution in [2.45, 2.75) is 60.1 Å². The number of hydrogen-bond donors (Lipinski definition) is 0. The van der Waals surface area contributed by atoms with Crippen molar-refractivity contribution >= 4 is 0 Å². The van der Waals surface area contributed by atoms with Crippen molar-refractivity contribution in [3.8, 4) is 0 Å². The average molecular weight is 262 g/mol. The summed E-state index contributed by atoms with van der Waals surface area (Å²) in [6, 6.07) is 0. The van der Waals surface area contributed by atoms with Gasteiger partial charge in [-0.15, -0.1) is 0 Å². The maximum absolute atomic E-state index is 12.3. The molecular weight excluding hydrogens is 237 g/mol. The predicted molar refractivity (Wildman–Crippen MR) is 73.6 cm³/mol.